The maximum absolute atomic E-state index is 5.91. The van der Waals surface area contributed by atoms with Gasteiger partial charge in [0.1, 0.15) is 0 Å². The lowest BCUT2D eigenvalue weighted by molar-refractivity contribution is 0.0651. The fourth-order valence-corrected chi connectivity index (χ4v) is 2.77. The third kappa shape index (κ3) is 6.72. The first-order valence-electron chi connectivity index (χ1n) is 7.81. The highest BCUT2D eigenvalue weighted by atomic mass is 16.5. The molecule has 1 aliphatic rings. The highest BCUT2D eigenvalue weighted by molar-refractivity contribution is 4.73. The van der Waals surface area contributed by atoms with Crippen LogP contribution >= 0.6 is 0 Å². The second-order valence-electron chi connectivity index (χ2n) is 5.70. The summed E-state index contributed by atoms with van der Waals surface area (Å²) in [5, 5.41) is 0. The van der Waals surface area contributed by atoms with Crippen LogP contribution in [0.4, 0.5) is 0 Å². The van der Waals surface area contributed by atoms with Crippen molar-refractivity contribution in [2.24, 2.45) is 11.7 Å². The molecule has 0 heterocycles. The van der Waals surface area contributed by atoms with Crippen molar-refractivity contribution in [3.63, 3.8) is 0 Å². The molecule has 3 nitrogen and oxygen atoms in total. The zero-order valence-electron chi connectivity index (χ0n) is 12.4. The number of nitrogens with zero attached hydrogens (tertiary/aromatic N) is 1. The van der Waals surface area contributed by atoms with Crippen LogP contribution in [-0.2, 0) is 4.74 Å². The van der Waals surface area contributed by atoms with Crippen molar-refractivity contribution >= 4 is 0 Å². The minimum atomic E-state index is 0.450. The van der Waals surface area contributed by atoms with Gasteiger partial charge in [0.15, 0.2) is 0 Å². The lowest BCUT2D eigenvalue weighted by atomic mass is 9.87. The summed E-state index contributed by atoms with van der Waals surface area (Å²) in [6.07, 6.45) is 7.36. The van der Waals surface area contributed by atoms with Gasteiger partial charge in [-0.05, 0) is 57.5 Å². The van der Waals surface area contributed by atoms with E-state index in [9.17, 15) is 0 Å². The van der Waals surface area contributed by atoms with Crippen LogP contribution in [0, 0.1) is 5.92 Å². The van der Waals surface area contributed by atoms with Crippen LogP contribution in [0.3, 0.4) is 0 Å². The molecule has 0 radical (unpaired) electrons. The van der Waals surface area contributed by atoms with Crippen LogP contribution in [0.15, 0.2) is 0 Å². The summed E-state index contributed by atoms with van der Waals surface area (Å²) in [4.78, 5) is 2.51. The van der Waals surface area contributed by atoms with E-state index in [0.717, 1.165) is 25.7 Å². The average molecular weight is 256 g/mol. The highest BCUT2D eigenvalue weighted by Crippen LogP contribution is 2.23. The summed E-state index contributed by atoms with van der Waals surface area (Å²) in [5.41, 5.74) is 5.91. The summed E-state index contributed by atoms with van der Waals surface area (Å²) in [6, 6.07) is 0.450. The molecule has 0 amide bonds. The molecule has 0 unspecified atom stereocenters. The Balaban J connectivity index is 2.02. The Hall–Kier alpha value is -0.120. The summed E-state index contributed by atoms with van der Waals surface area (Å²) in [7, 11) is 0. The van der Waals surface area contributed by atoms with Gasteiger partial charge in [-0.2, -0.15) is 0 Å². The monoisotopic (exact) mass is 256 g/mol. The predicted octanol–water partition coefficient (Wildman–Crippen LogP) is 2.64. The summed E-state index contributed by atoms with van der Waals surface area (Å²) in [5.74, 6) is 0.760. The van der Waals surface area contributed by atoms with Crippen molar-refractivity contribution in [3.8, 4) is 0 Å². The third-order valence-corrected chi connectivity index (χ3v) is 3.88. The van der Waals surface area contributed by atoms with Gasteiger partial charge in [-0.3, -0.25) is 0 Å². The smallest absolute Gasteiger partial charge is 0.0593 e. The molecule has 0 spiro atoms. The molecule has 18 heavy (non-hydrogen) atoms. The lowest BCUT2D eigenvalue weighted by Crippen LogP contribution is -2.31. The summed E-state index contributed by atoms with van der Waals surface area (Å²) >= 11 is 0. The molecule has 1 aliphatic carbocycles. The van der Waals surface area contributed by atoms with E-state index in [0.29, 0.717) is 6.04 Å². The third-order valence-electron chi connectivity index (χ3n) is 3.88. The molecule has 0 aliphatic heterocycles. The highest BCUT2D eigenvalue weighted by Gasteiger charge is 2.18. The molecule has 0 saturated heterocycles. The Morgan fingerprint density at radius 1 is 1.00 bits per heavy atom. The van der Waals surface area contributed by atoms with E-state index in [4.69, 9.17) is 10.5 Å². The molecule has 0 bridgehead atoms. The van der Waals surface area contributed by atoms with E-state index in [2.05, 4.69) is 18.7 Å². The first-order valence-corrected chi connectivity index (χ1v) is 7.81. The first-order chi connectivity index (χ1) is 8.76. The van der Waals surface area contributed by atoms with Gasteiger partial charge in [-0.15, -0.1) is 0 Å². The Morgan fingerprint density at radius 3 is 2.17 bits per heavy atom. The average Bonchev–Trinajstić information content (AvgIpc) is 2.37. The van der Waals surface area contributed by atoms with Gasteiger partial charge in [0.25, 0.3) is 0 Å². The van der Waals surface area contributed by atoms with E-state index >= 15 is 0 Å². The molecule has 0 atom stereocenters. The first kappa shape index (κ1) is 15.9. The molecule has 0 aromatic heterocycles. The zero-order valence-corrected chi connectivity index (χ0v) is 12.4. The largest absolute Gasteiger partial charge is 0.380 e. The maximum Gasteiger partial charge on any atom is 0.0593 e. The second kappa shape index (κ2) is 9.76. The van der Waals surface area contributed by atoms with E-state index in [1.165, 1.54) is 51.6 Å². The minimum absolute atomic E-state index is 0.450. The Kier molecular flexibility index (Phi) is 8.64. The van der Waals surface area contributed by atoms with Gasteiger partial charge in [0.2, 0.25) is 0 Å². The fourth-order valence-electron chi connectivity index (χ4n) is 2.77. The molecule has 1 rings (SSSR count). The standard InChI is InChI=1S/C15H32N2O/c1-3-9-17(10-4-2)11-12-18-13-14-5-7-15(16)8-6-14/h14-15H,3-13,16H2,1-2H3/t14-,15+. The number of ether oxygens (including phenoxy) is 1. The topological polar surface area (TPSA) is 38.5 Å². The van der Waals surface area contributed by atoms with Gasteiger partial charge in [-0.1, -0.05) is 13.8 Å². The SMILES string of the molecule is CCCN(CCC)CCOC[C@H]1CC[C@@H](N)CC1. The maximum atomic E-state index is 5.91. The lowest BCUT2D eigenvalue weighted by Gasteiger charge is -2.26. The van der Waals surface area contributed by atoms with Crippen molar-refractivity contribution in [1.82, 2.24) is 4.90 Å². The fraction of sp³-hybridized carbons (Fsp3) is 1.00. The van der Waals surface area contributed by atoms with Crippen molar-refractivity contribution in [2.75, 3.05) is 32.8 Å². The van der Waals surface area contributed by atoms with Gasteiger partial charge in [0, 0.05) is 19.2 Å². The van der Waals surface area contributed by atoms with Crippen LogP contribution < -0.4 is 5.73 Å². The normalized spacial score (nSPS) is 24.7. The molecule has 0 aromatic rings. The molecular formula is C15H32N2O. The minimum Gasteiger partial charge on any atom is -0.380 e. The molecular weight excluding hydrogens is 224 g/mol. The van der Waals surface area contributed by atoms with Crippen LogP contribution in [0.2, 0.25) is 0 Å². The van der Waals surface area contributed by atoms with Crippen LogP contribution in [0.1, 0.15) is 52.4 Å². The van der Waals surface area contributed by atoms with E-state index in [-0.39, 0.29) is 0 Å². The Labute approximate surface area is 113 Å². The number of hydrogen-bond acceptors (Lipinski definition) is 3. The number of rotatable bonds is 9. The number of hydrogen-bond donors (Lipinski definition) is 1. The van der Waals surface area contributed by atoms with Crippen LogP contribution in [0.25, 0.3) is 0 Å². The Morgan fingerprint density at radius 2 is 1.61 bits per heavy atom. The quantitative estimate of drug-likeness (QED) is 0.645. The predicted molar refractivity (Wildman–Crippen MR) is 77.8 cm³/mol. The zero-order chi connectivity index (χ0) is 13.2. The summed E-state index contributed by atoms with van der Waals surface area (Å²) in [6.45, 7) is 9.82. The van der Waals surface area contributed by atoms with Crippen LogP contribution in [-0.4, -0.2) is 43.8 Å². The van der Waals surface area contributed by atoms with Crippen molar-refractivity contribution in [1.29, 1.82) is 0 Å². The van der Waals surface area contributed by atoms with Crippen molar-refractivity contribution < 1.29 is 4.74 Å². The molecule has 2 N–H and O–H groups in total. The molecule has 3 heteroatoms. The van der Waals surface area contributed by atoms with Gasteiger partial charge in [0.05, 0.1) is 6.61 Å². The van der Waals surface area contributed by atoms with Gasteiger partial charge >= 0.3 is 0 Å². The van der Waals surface area contributed by atoms with Crippen molar-refractivity contribution in [2.45, 2.75) is 58.4 Å². The van der Waals surface area contributed by atoms with Crippen LogP contribution in [0.5, 0.6) is 0 Å². The molecule has 1 saturated carbocycles. The second-order valence-corrected chi connectivity index (χ2v) is 5.70. The summed E-state index contributed by atoms with van der Waals surface area (Å²) < 4.78 is 5.85. The molecule has 0 aromatic carbocycles. The van der Waals surface area contributed by atoms with Gasteiger partial charge in [-0.25, -0.2) is 0 Å². The van der Waals surface area contributed by atoms with E-state index < -0.39 is 0 Å². The van der Waals surface area contributed by atoms with E-state index in [1.807, 2.05) is 0 Å². The Bertz CT molecular complexity index is 185. The number of nitrogens with two attached hydrogens (primary N) is 1. The van der Waals surface area contributed by atoms with Crippen molar-refractivity contribution in [3.05, 3.63) is 0 Å². The van der Waals surface area contributed by atoms with E-state index in [1.54, 1.807) is 0 Å². The molecule has 108 valence electrons. The molecule has 1 fully saturated rings. The van der Waals surface area contributed by atoms with Gasteiger partial charge < -0.3 is 15.4 Å².